The lowest BCUT2D eigenvalue weighted by atomic mass is 10.0. The van der Waals surface area contributed by atoms with Crippen LogP contribution >= 0.6 is 11.3 Å². The molecule has 0 unspecified atom stereocenters. The van der Waals surface area contributed by atoms with Gasteiger partial charge in [-0.05, 0) is 33.0 Å². The lowest BCUT2D eigenvalue weighted by molar-refractivity contribution is 0.0664. The van der Waals surface area contributed by atoms with Gasteiger partial charge in [0.15, 0.2) is 0 Å². The molecule has 1 aromatic rings. The van der Waals surface area contributed by atoms with Gasteiger partial charge in [-0.25, -0.2) is 0 Å². The van der Waals surface area contributed by atoms with E-state index in [1.54, 1.807) is 0 Å². The van der Waals surface area contributed by atoms with Crippen molar-refractivity contribution < 1.29 is 4.79 Å². The third-order valence-electron chi connectivity index (χ3n) is 3.64. The Bertz CT molecular complexity index is 519. The summed E-state index contributed by atoms with van der Waals surface area (Å²) < 4.78 is 0. The molecule has 20 heavy (non-hydrogen) atoms. The summed E-state index contributed by atoms with van der Waals surface area (Å²) >= 11 is 1.50. The van der Waals surface area contributed by atoms with Crippen molar-refractivity contribution in [2.45, 2.75) is 18.9 Å². The Kier molecular flexibility index (Phi) is 5.18. The van der Waals surface area contributed by atoms with Crippen LogP contribution in [0.4, 0.5) is 0 Å². The van der Waals surface area contributed by atoms with Crippen LogP contribution in [-0.2, 0) is 0 Å². The molecular formula is C15H21N3OS. The molecule has 2 rings (SSSR count). The molecule has 2 heterocycles. The van der Waals surface area contributed by atoms with E-state index < -0.39 is 0 Å². The zero-order valence-corrected chi connectivity index (χ0v) is 12.9. The first-order valence-corrected chi connectivity index (χ1v) is 7.73. The van der Waals surface area contributed by atoms with Crippen molar-refractivity contribution >= 4 is 17.2 Å². The fraction of sp³-hybridized carbons (Fsp3) is 0.533. The molecule has 0 spiro atoms. The van der Waals surface area contributed by atoms with Crippen LogP contribution in [0.1, 0.15) is 28.1 Å². The second-order valence-corrected chi connectivity index (χ2v) is 6.10. The van der Waals surface area contributed by atoms with E-state index in [-0.39, 0.29) is 5.91 Å². The highest BCUT2D eigenvalue weighted by Gasteiger charge is 2.24. The molecular weight excluding hydrogens is 270 g/mol. The molecule has 1 amide bonds. The van der Waals surface area contributed by atoms with Crippen molar-refractivity contribution in [2.75, 3.05) is 33.7 Å². The van der Waals surface area contributed by atoms with Gasteiger partial charge in [0.2, 0.25) is 0 Å². The number of hydrogen-bond donors (Lipinski definition) is 1. The molecule has 1 saturated heterocycles. The Hall–Kier alpha value is -1.35. The van der Waals surface area contributed by atoms with Crippen molar-refractivity contribution in [2.24, 2.45) is 5.73 Å². The molecule has 108 valence electrons. The van der Waals surface area contributed by atoms with Crippen molar-refractivity contribution in [3.8, 4) is 11.8 Å². The molecule has 0 bridgehead atoms. The van der Waals surface area contributed by atoms with Gasteiger partial charge in [0.25, 0.3) is 5.91 Å². The van der Waals surface area contributed by atoms with Crippen molar-refractivity contribution in [1.29, 1.82) is 0 Å². The Morgan fingerprint density at radius 1 is 1.50 bits per heavy atom. The minimum Gasteiger partial charge on any atom is -0.339 e. The van der Waals surface area contributed by atoms with Gasteiger partial charge in [0.1, 0.15) is 0 Å². The number of thiophene rings is 1. The van der Waals surface area contributed by atoms with E-state index in [1.165, 1.54) is 11.3 Å². The summed E-state index contributed by atoms with van der Waals surface area (Å²) in [6.45, 7) is 2.02. The largest absolute Gasteiger partial charge is 0.339 e. The molecule has 4 nitrogen and oxygen atoms in total. The molecule has 0 aromatic carbocycles. The molecule has 1 aliphatic rings. The van der Waals surface area contributed by atoms with E-state index in [1.807, 2.05) is 16.3 Å². The van der Waals surface area contributed by atoms with Crippen LogP contribution < -0.4 is 5.73 Å². The summed E-state index contributed by atoms with van der Waals surface area (Å²) in [6.07, 6.45) is 2.09. The molecule has 1 fully saturated rings. The number of nitrogens with two attached hydrogens (primary N) is 1. The van der Waals surface area contributed by atoms with Gasteiger partial charge in [0.05, 0.1) is 17.0 Å². The number of nitrogens with zero attached hydrogens (tertiary/aromatic N) is 2. The first kappa shape index (κ1) is 15.0. The second kappa shape index (κ2) is 6.89. The van der Waals surface area contributed by atoms with Crippen LogP contribution in [0.3, 0.4) is 0 Å². The monoisotopic (exact) mass is 291 g/mol. The van der Waals surface area contributed by atoms with Crippen LogP contribution in [0.2, 0.25) is 0 Å². The number of amides is 1. The molecule has 0 aliphatic carbocycles. The van der Waals surface area contributed by atoms with E-state index in [0.717, 1.165) is 36.4 Å². The van der Waals surface area contributed by atoms with E-state index in [4.69, 9.17) is 5.73 Å². The van der Waals surface area contributed by atoms with Gasteiger partial charge < -0.3 is 15.5 Å². The highest BCUT2D eigenvalue weighted by atomic mass is 32.1. The van der Waals surface area contributed by atoms with Crippen LogP contribution in [-0.4, -0.2) is 55.5 Å². The maximum atomic E-state index is 12.4. The number of carbonyl (C=O) groups is 1. The number of likely N-dealkylation sites (tertiary alicyclic amines) is 1. The Morgan fingerprint density at radius 3 is 2.80 bits per heavy atom. The van der Waals surface area contributed by atoms with Gasteiger partial charge in [-0.2, -0.15) is 0 Å². The minimum absolute atomic E-state index is 0.124. The van der Waals surface area contributed by atoms with Gasteiger partial charge in [-0.15, -0.1) is 11.3 Å². The van der Waals surface area contributed by atoms with Crippen LogP contribution in [0.25, 0.3) is 0 Å². The number of hydrogen-bond acceptors (Lipinski definition) is 4. The summed E-state index contributed by atoms with van der Waals surface area (Å²) in [6, 6.07) is 2.46. The highest BCUT2D eigenvalue weighted by molar-refractivity contribution is 7.10. The van der Waals surface area contributed by atoms with Gasteiger partial charge in [-0.1, -0.05) is 11.8 Å². The van der Waals surface area contributed by atoms with Crippen molar-refractivity contribution in [1.82, 2.24) is 9.80 Å². The highest BCUT2D eigenvalue weighted by Crippen LogP contribution is 2.19. The summed E-state index contributed by atoms with van der Waals surface area (Å²) in [7, 11) is 4.20. The average Bonchev–Trinajstić information content (AvgIpc) is 2.93. The molecule has 0 radical (unpaired) electrons. The Morgan fingerprint density at radius 2 is 2.20 bits per heavy atom. The van der Waals surface area contributed by atoms with Crippen LogP contribution in [0.15, 0.2) is 11.4 Å². The minimum atomic E-state index is 0.124. The van der Waals surface area contributed by atoms with Crippen LogP contribution in [0, 0.1) is 11.8 Å². The predicted octanol–water partition coefficient (Wildman–Crippen LogP) is 1.22. The molecule has 0 atom stereocenters. The Balaban J connectivity index is 1.97. The molecule has 2 N–H and O–H groups in total. The fourth-order valence-electron chi connectivity index (χ4n) is 2.42. The zero-order chi connectivity index (χ0) is 14.5. The van der Waals surface area contributed by atoms with E-state index >= 15 is 0 Å². The number of piperidine rings is 1. The van der Waals surface area contributed by atoms with E-state index in [2.05, 4.69) is 30.8 Å². The summed E-state index contributed by atoms with van der Waals surface area (Å²) in [5.41, 5.74) is 6.10. The molecule has 1 aliphatic heterocycles. The van der Waals surface area contributed by atoms with Crippen molar-refractivity contribution in [3.05, 3.63) is 21.9 Å². The first-order chi connectivity index (χ1) is 9.61. The van der Waals surface area contributed by atoms with E-state index in [9.17, 15) is 4.79 Å². The van der Waals surface area contributed by atoms with Crippen LogP contribution in [0.5, 0.6) is 0 Å². The van der Waals surface area contributed by atoms with E-state index in [0.29, 0.717) is 12.6 Å². The second-order valence-electron chi connectivity index (χ2n) is 5.19. The quantitative estimate of drug-likeness (QED) is 0.834. The molecule has 0 saturated carbocycles. The average molecular weight is 291 g/mol. The number of rotatable bonds is 2. The summed E-state index contributed by atoms with van der Waals surface area (Å²) in [5, 5.41) is 1.89. The normalized spacial score (nSPS) is 16.1. The lowest BCUT2D eigenvalue weighted by Gasteiger charge is -2.35. The third-order valence-corrected chi connectivity index (χ3v) is 4.49. The van der Waals surface area contributed by atoms with Crippen molar-refractivity contribution in [3.63, 3.8) is 0 Å². The summed E-state index contributed by atoms with van der Waals surface area (Å²) in [4.78, 5) is 17.5. The Labute approximate surface area is 124 Å². The smallest absolute Gasteiger partial charge is 0.254 e. The standard InChI is InChI=1S/C15H21N3OS/c1-17(2)13-5-8-18(9-6-13)15(19)12-10-14(20-11-12)4-3-7-16/h10-11,13H,5-9,16H2,1-2H3. The molecule has 1 aromatic heterocycles. The SMILES string of the molecule is CN(C)C1CCN(C(=O)c2csc(C#CCN)c2)CC1. The fourth-order valence-corrected chi connectivity index (χ4v) is 3.17. The summed E-state index contributed by atoms with van der Waals surface area (Å²) in [5.74, 6) is 5.91. The third kappa shape index (κ3) is 3.60. The topological polar surface area (TPSA) is 49.6 Å². The lowest BCUT2D eigenvalue weighted by Crippen LogP contribution is -2.44. The van der Waals surface area contributed by atoms with Gasteiger partial charge in [0, 0.05) is 24.5 Å². The van der Waals surface area contributed by atoms with Gasteiger partial charge in [-0.3, -0.25) is 4.79 Å². The first-order valence-electron chi connectivity index (χ1n) is 6.85. The molecule has 5 heteroatoms. The van der Waals surface area contributed by atoms with Gasteiger partial charge >= 0.3 is 0 Å². The maximum Gasteiger partial charge on any atom is 0.254 e. The predicted molar refractivity (Wildman–Crippen MR) is 82.9 cm³/mol. The maximum absolute atomic E-state index is 12.4. The number of carbonyl (C=O) groups excluding carboxylic acids is 1. The zero-order valence-electron chi connectivity index (χ0n) is 12.1.